The number of thioether (sulfide) groups is 1. The van der Waals surface area contributed by atoms with Crippen molar-refractivity contribution >= 4 is 11.8 Å². The molecule has 0 amide bonds. The van der Waals surface area contributed by atoms with Crippen LogP contribution in [-0.2, 0) is 0 Å². The number of nitrogens with one attached hydrogen (secondary N) is 1. The van der Waals surface area contributed by atoms with Crippen LogP contribution in [0.3, 0.4) is 0 Å². The lowest BCUT2D eigenvalue weighted by atomic mass is 10.2. The second-order valence-electron chi connectivity index (χ2n) is 3.64. The highest BCUT2D eigenvalue weighted by atomic mass is 32.2. The largest absolute Gasteiger partial charge is 0.317 e. The first-order chi connectivity index (χ1) is 6.34. The third-order valence-electron chi connectivity index (χ3n) is 2.66. The molecule has 1 heterocycles. The van der Waals surface area contributed by atoms with E-state index in [1.165, 1.54) is 37.6 Å². The first kappa shape index (κ1) is 11.3. The lowest BCUT2D eigenvalue weighted by Gasteiger charge is -2.32. The normalized spacial score (nSPS) is 21.7. The molecule has 1 unspecified atom stereocenters. The average molecular weight is 202 g/mol. The van der Waals surface area contributed by atoms with E-state index in [0.717, 1.165) is 12.6 Å². The van der Waals surface area contributed by atoms with Gasteiger partial charge in [-0.3, -0.25) is 4.90 Å². The summed E-state index contributed by atoms with van der Waals surface area (Å²) in [7, 11) is 0. The van der Waals surface area contributed by atoms with Crippen LogP contribution in [0.5, 0.6) is 0 Å². The van der Waals surface area contributed by atoms with Gasteiger partial charge in [-0.2, -0.15) is 11.8 Å². The lowest BCUT2D eigenvalue weighted by molar-refractivity contribution is 0.219. The molecule has 0 aromatic carbocycles. The predicted octanol–water partition coefficient (Wildman–Crippen LogP) is 1.42. The number of hydrogen-bond acceptors (Lipinski definition) is 3. The molecule has 13 heavy (non-hydrogen) atoms. The third kappa shape index (κ3) is 4.34. The van der Waals surface area contributed by atoms with Crippen molar-refractivity contribution < 1.29 is 0 Å². The molecule has 1 saturated heterocycles. The van der Waals surface area contributed by atoms with Gasteiger partial charge in [0.25, 0.3) is 0 Å². The molecule has 1 rings (SSSR count). The van der Waals surface area contributed by atoms with Gasteiger partial charge in [0.15, 0.2) is 0 Å². The zero-order valence-corrected chi connectivity index (χ0v) is 9.70. The Balaban J connectivity index is 2.09. The summed E-state index contributed by atoms with van der Waals surface area (Å²) in [5.74, 6) is 2.65. The van der Waals surface area contributed by atoms with Gasteiger partial charge < -0.3 is 5.32 Å². The van der Waals surface area contributed by atoms with E-state index in [4.69, 9.17) is 0 Å². The summed E-state index contributed by atoms with van der Waals surface area (Å²) in [6.45, 7) is 9.37. The fourth-order valence-corrected chi connectivity index (χ4v) is 2.62. The van der Waals surface area contributed by atoms with E-state index < -0.39 is 0 Å². The summed E-state index contributed by atoms with van der Waals surface area (Å²) in [6, 6.07) is 0.764. The highest BCUT2D eigenvalue weighted by Gasteiger charge is 2.15. The third-order valence-corrected chi connectivity index (χ3v) is 3.60. The molecule has 0 radical (unpaired) electrons. The minimum atomic E-state index is 0.764. The Morgan fingerprint density at radius 2 is 2.08 bits per heavy atom. The topological polar surface area (TPSA) is 15.3 Å². The molecule has 0 aliphatic carbocycles. The Hall–Kier alpha value is 0.270. The van der Waals surface area contributed by atoms with Gasteiger partial charge in [0.2, 0.25) is 0 Å². The van der Waals surface area contributed by atoms with Crippen molar-refractivity contribution in [1.82, 2.24) is 10.2 Å². The molecule has 0 bridgehead atoms. The molecule has 1 aliphatic rings. The Morgan fingerprint density at radius 1 is 1.38 bits per heavy atom. The molecule has 0 saturated carbocycles. The van der Waals surface area contributed by atoms with Crippen LogP contribution in [-0.4, -0.2) is 48.6 Å². The summed E-state index contributed by atoms with van der Waals surface area (Å²) >= 11 is 2.09. The minimum Gasteiger partial charge on any atom is -0.317 e. The smallest absolute Gasteiger partial charge is 0.00796 e. The first-order valence-corrected chi connectivity index (χ1v) is 6.52. The lowest BCUT2D eigenvalue weighted by Crippen LogP contribution is -2.40. The zero-order valence-electron chi connectivity index (χ0n) is 8.88. The van der Waals surface area contributed by atoms with Crippen LogP contribution in [0.2, 0.25) is 0 Å². The van der Waals surface area contributed by atoms with Gasteiger partial charge in [0, 0.05) is 30.6 Å². The molecular weight excluding hydrogens is 180 g/mol. The number of rotatable bonds is 5. The molecule has 0 aromatic rings. The van der Waals surface area contributed by atoms with Crippen LogP contribution in [0.1, 0.15) is 20.3 Å². The van der Waals surface area contributed by atoms with E-state index in [9.17, 15) is 0 Å². The van der Waals surface area contributed by atoms with Crippen LogP contribution in [0.4, 0.5) is 0 Å². The van der Waals surface area contributed by atoms with Crippen molar-refractivity contribution in [3.63, 3.8) is 0 Å². The highest BCUT2D eigenvalue weighted by molar-refractivity contribution is 7.99. The van der Waals surface area contributed by atoms with Crippen molar-refractivity contribution in [1.29, 1.82) is 0 Å². The standard InChI is InChI=1S/C10H22N2S/c1-3-11-5-4-10(2)12-6-8-13-9-7-12/h10-11H,3-9H2,1-2H3. The van der Waals surface area contributed by atoms with Crippen LogP contribution in [0, 0.1) is 0 Å². The van der Waals surface area contributed by atoms with E-state index in [-0.39, 0.29) is 0 Å². The summed E-state index contributed by atoms with van der Waals surface area (Å²) in [4.78, 5) is 2.62. The number of nitrogens with zero attached hydrogens (tertiary/aromatic N) is 1. The van der Waals surface area contributed by atoms with E-state index in [2.05, 4.69) is 35.8 Å². The SMILES string of the molecule is CCNCCC(C)N1CCSCC1. The molecule has 1 N–H and O–H groups in total. The summed E-state index contributed by atoms with van der Waals surface area (Å²) < 4.78 is 0. The molecular formula is C10H22N2S. The molecule has 3 heteroatoms. The molecule has 78 valence electrons. The molecule has 0 spiro atoms. The quantitative estimate of drug-likeness (QED) is 0.679. The minimum absolute atomic E-state index is 0.764. The second-order valence-corrected chi connectivity index (χ2v) is 4.86. The van der Waals surface area contributed by atoms with E-state index in [0.29, 0.717) is 0 Å². The monoisotopic (exact) mass is 202 g/mol. The van der Waals surface area contributed by atoms with Crippen LogP contribution in [0.25, 0.3) is 0 Å². The predicted molar refractivity (Wildman–Crippen MR) is 61.5 cm³/mol. The van der Waals surface area contributed by atoms with Crippen molar-refractivity contribution in [2.75, 3.05) is 37.7 Å². The summed E-state index contributed by atoms with van der Waals surface area (Å²) in [6.07, 6.45) is 1.29. The molecule has 1 atom stereocenters. The highest BCUT2D eigenvalue weighted by Crippen LogP contribution is 2.13. The Kier molecular flexibility index (Phi) is 5.83. The molecule has 2 nitrogen and oxygen atoms in total. The second kappa shape index (κ2) is 6.68. The number of hydrogen-bond donors (Lipinski definition) is 1. The maximum absolute atomic E-state index is 3.39. The summed E-state index contributed by atoms with van der Waals surface area (Å²) in [5.41, 5.74) is 0. The van der Waals surface area contributed by atoms with Gasteiger partial charge in [0.05, 0.1) is 0 Å². The van der Waals surface area contributed by atoms with Gasteiger partial charge in [-0.05, 0) is 26.4 Å². The van der Waals surface area contributed by atoms with Gasteiger partial charge in [-0.1, -0.05) is 6.92 Å². The van der Waals surface area contributed by atoms with Gasteiger partial charge >= 0.3 is 0 Å². The van der Waals surface area contributed by atoms with E-state index in [1.54, 1.807) is 0 Å². The Labute approximate surface area is 86.5 Å². The van der Waals surface area contributed by atoms with Crippen molar-refractivity contribution in [3.05, 3.63) is 0 Å². The average Bonchev–Trinajstić information content (AvgIpc) is 2.19. The van der Waals surface area contributed by atoms with Crippen molar-refractivity contribution in [2.45, 2.75) is 26.3 Å². The van der Waals surface area contributed by atoms with Crippen LogP contribution >= 0.6 is 11.8 Å². The van der Waals surface area contributed by atoms with Gasteiger partial charge in [-0.25, -0.2) is 0 Å². The van der Waals surface area contributed by atoms with E-state index >= 15 is 0 Å². The Morgan fingerprint density at radius 3 is 2.69 bits per heavy atom. The van der Waals surface area contributed by atoms with Crippen LogP contribution in [0.15, 0.2) is 0 Å². The van der Waals surface area contributed by atoms with E-state index in [1.807, 2.05) is 0 Å². The van der Waals surface area contributed by atoms with Gasteiger partial charge in [0.1, 0.15) is 0 Å². The summed E-state index contributed by atoms with van der Waals surface area (Å²) in [5, 5.41) is 3.39. The maximum Gasteiger partial charge on any atom is 0.00796 e. The fourth-order valence-electron chi connectivity index (χ4n) is 1.69. The molecule has 1 aliphatic heterocycles. The molecule has 0 aromatic heterocycles. The van der Waals surface area contributed by atoms with Gasteiger partial charge in [-0.15, -0.1) is 0 Å². The fraction of sp³-hybridized carbons (Fsp3) is 1.00. The first-order valence-electron chi connectivity index (χ1n) is 5.37. The maximum atomic E-state index is 3.39. The molecule has 1 fully saturated rings. The Bertz CT molecular complexity index is 124. The van der Waals surface area contributed by atoms with Crippen LogP contribution < -0.4 is 5.32 Å². The van der Waals surface area contributed by atoms with Crippen molar-refractivity contribution in [3.8, 4) is 0 Å². The zero-order chi connectivity index (χ0) is 9.52. The van der Waals surface area contributed by atoms with Crippen molar-refractivity contribution in [2.24, 2.45) is 0 Å².